The van der Waals surface area contributed by atoms with Crippen LogP contribution in [0.5, 0.6) is 11.5 Å². The summed E-state index contributed by atoms with van der Waals surface area (Å²) in [6.45, 7) is 4.94. The molecule has 2 aromatic rings. The number of piperazine rings is 1. The Labute approximate surface area is 200 Å². The largest absolute Gasteiger partial charge is 0.497 e. The maximum Gasteiger partial charge on any atom is 0.325 e. The number of methoxy groups -OCH3 is 2. The quantitative estimate of drug-likeness (QED) is 0.601. The summed E-state index contributed by atoms with van der Waals surface area (Å²) in [6.07, 6.45) is 4.29. The van der Waals surface area contributed by atoms with E-state index in [1.54, 1.807) is 42.2 Å². The molecule has 0 aromatic heterocycles. The molecule has 3 amide bonds. The Hall–Kier alpha value is -3.52. The number of hydrogen-bond donors (Lipinski definition) is 0. The second-order valence-electron chi connectivity index (χ2n) is 8.39. The molecule has 8 heteroatoms. The van der Waals surface area contributed by atoms with Gasteiger partial charge >= 0.3 is 6.03 Å². The second-order valence-corrected chi connectivity index (χ2v) is 8.39. The molecule has 2 heterocycles. The third-order valence-corrected chi connectivity index (χ3v) is 6.30. The normalized spacial score (nSPS) is 17.0. The molecule has 34 heavy (non-hydrogen) atoms. The smallest absolute Gasteiger partial charge is 0.325 e. The highest BCUT2D eigenvalue weighted by Gasteiger charge is 2.34. The molecule has 0 spiro atoms. The number of rotatable bonds is 8. The molecule has 0 bridgehead atoms. The van der Waals surface area contributed by atoms with E-state index in [-0.39, 0.29) is 18.5 Å². The van der Waals surface area contributed by atoms with Crippen LogP contribution in [0.2, 0.25) is 0 Å². The van der Waals surface area contributed by atoms with Gasteiger partial charge in [0.05, 0.1) is 19.9 Å². The Kier molecular flexibility index (Phi) is 7.69. The minimum absolute atomic E-state index is 0.00714. The monoisotopic (exact) mass is 464 g/mol. The summed E-state index contributed by atoms with van der Waals surface area (Å²) in [5.41, 5.74) is 1.84. The van der Waals surface area contributed by atoms with Crippen molar-refractivity contribution in [2.24, 2.45) is 0 Å². The van der Waals surface area contributed by atoms with Crippen LogP contribution in [0.25, 0.3) is 6.08 Å². The van der Waals surface area contributed by atoms with Gasteiger partial charge in [0.1, 0.15) is 18.0 Å². The molecular formula is C26H32N4O4. The SMILES string of the molecule is COc1ccc(OC)c(N2CCN(CC(=O)N3CCN(C/C=C/c4ccccc4)CC3)C2=O)c1. The summed E-state index contributed by atoms with van der Waals surface area (Å²) in [5.74, 6) is 1.24. The lowest BCUT2D eigenvalue weighted by molar-refractivity contribution is -0.133. The Morgan fingerprint density at radius 3 is 2.41 bits per heavy atom. The number of anilines is 1. The maximum atomic E-state index is 13.0. The molecule has 2 aliphatic heterocycles. The van der Waals surface area contributed by atoms with Crippen molar-refractivity contribution < 1.29 is 19.1 Å². The number of ether oxygens (including phenoxy) is 2. The summed E-state index contributed by atoms with van der Waals surface area (Å²) in [7, 11) is 3.16. The Bertz CT molecular complexity index is 1020. The molecule has 0 N–H and O–H groups in total. The molecule has 2 aromatic carbocycles. The van der Waals surface area contributed by atoms with Crippen LogP contribution in [0.4, 0.5) is 10.5 Å². The van der Waals surface area contributed by atoms with Crippen LogP contribution in [-0.2, 0) is 4.79 Å². The van der Waals surface area contributed by atoms with E-state index in [0.29, 0.717) is 43.4 Å². The predicted molar refractivity (Wildman–Crippen MR) is 132 cm³/mol. The predicted octanol–water partition coefficient (Wildman–Crippen LogP) is 2.80. The van der Waals surface area contributed by atoms with Gasteiger partial charge in [-0.15, -0.1) is 0 Å². The van der Waals surface area contributed by atoms with Gasteiger partial charge in [0.15, 0.2) is 0 Å². The van der Waals surface area contributed by atoms with E-state index in [1.807, 2.05) is 23.1 Å². The second kappa shape index (κ2) is 11.1. The Morgan fingerprint density at radius 2 is 1.71 bits per heavy atom. The van der Waals surface area contributed by atoms with E-state index < -0.39 is 0 Å². The number of urea groups is 1. The fourth-order valence-corrected chi connectivity index (χ4v) is 4.31. The van der Waals surface area contributed by atoms with Gasteiger partial charge in [-0.1, -0.05) is 42.5 Å². The van der Waals surface area contributed by atoms with Crippen LogP contribution in [-0.4, -0.2) is 93.2 Å². The molecule has 2 aliphatic rings. The minimum Gasteiger partial charge on any atom is -0.497 e. The van der Waals surface area contributed by atoms with Crippen LogP contribution in [0.3, 0.4) is 0 Å². The average Bonchev–Trinajstić information content (AvgIpc) is 3.24. The standard InChI is InChI=1S/C26H32N4O4/c1-33-22-10-11-24(34-2)23(19-22)30-18-17-29(26(30)32)20-25(31)28-15-13-27(14-16-28)12-6-9-21-7-4-3-5-8-21/h3-11,19H,12-18,20H2,1-2H3/b9-6+. The number of carbonyl (C=O) groups excluding carboxylic acids is 2. The van der Waals surface area contributed by atoms with Crippen molar-refractivity contribution in [3.05, 3.63) is 60.2 Å². The summed E-state index contributed by atoms with van der Waals surface area (Å²) < 4.78 is 10.7. The molecule has 0 radical (unpaired) electrons. The molecule has 0 unspecified atom stereocenters. The first-order valence-corrected chi connectivity index (χ1v) is 11.6. The Morgan fingerprint density at radius 1 is 0.941 bits per heavy atom. The fraction of sp³-hybridized carbons (Fsp3) is 0.385. The number of benzene rings is 2. The van der Waals surface area contributed by atoms with Crippen LogP contribution in [0.15, 0.2) is 54.6 Å². The minimum atomic E-state index is -0.190. The van der Waals surface area contributed by atoms with Crippen molar-refractivity contribution in [3.8, 4) is 11.5 Å². The lowest BCUT2D eigenvalue weighted by Crippen LogP contribution is -2.51. The molecule has 4 rings (SSSR count). The van der Waals surface area contributed by atoms with E-state index >= 15 is 0 Å². The fourth-order valence-electron chi connectivity index (χ4n) is 4.31. The van der Waals surface area contributed by atoms with E-state index in [9.17, 15) is 9.59 Å². The lowest BCUT2D eigenvalue weighted by Gasteiger charge is -2.35. The summed E-state index contributed by atoms with van der Waals surface area (Å²) in [4.78, 5) is 33.4. The molecule has 2 saturated heterocycles. The zero-order valence-corrected chi connectivity index (χ0v) is 19.9. The van der Waals surface area contributed by atoms with Crippen LogP contribution in [0, 0.1) is 0 Å². The van der Waals surface area contributed by atoms with Crippen molar-refractivity contribution in [1.29, 1.82) is 0 Å². The summed E-state index contributed by atoms with van der Waals surface area (Å²) in [6, 6.07) is 15.4. The highest BCUT2D eigenvalue weighted by Crippen LogP contribution is 2.34. The van der Waals surface area contributed by atoms with Gasteiger partial charge in [-0.2, -0.15) is 0 Å². The maximum absolute atomic E-state index is 13.0. The summed E-state index contributed by atoms with van der Waals surface area (Å²) in [5, 5.41) is 0. The van der Waals surface area contributed by atoms with E-state index in [4.69, 9.17) is 9.47 Å². The lowest BCUT2D eigenvalue weighted by atomic mass is 10.2. The van der Waals surface area contributed by atoms with Crippen molar-refractivity contribution >= 4 is 23.7 Å². The topological polar surface area (TPSA) is 65.6 Å². The first-order valence-electron chi connectivity index (χ1n) is 11.6. The molecule has 0 atom stereocenters. The van der Waals surface area contributed by atoms with Crippen LogP contribution >= 0.6 is 0 Å². The zero-order chi connectivity index (χ0) is 23.9. The molecule has 0 saturated carbocycles. The number of amides is 3. The highest BCUT2D eigenvalue weighted by molar-refractivity contribution is 5.98. The molecule has 0 aliphatic carbocycles. The third kappa shape index (κ3) is 5.51. The Balaban J connectivity index is 1.27. The zero-order valence-electron chi connectivity index (χ0n) is 19.9. The van der Waals surface area contributed by atoms with Gasteiger partial charge in [0, 0.05) is 51.9 Å². The van der Waals surface area contributed by atoms with Gasteiger partial charge in [-0.25, -0.2) is 4.79 Å². The third-order valence-electron chi connectivity index (χ3n) is 6.30. The number of carbonyl (C=O) groups is 2. The molecular weight excluding hydrogens is 432 g/mol. The first kappa shape index (κ1) is 23.6. The van der Waals surface area contributed by atoms with Crippen molar-refractivity contribution in [2.75, 3.05) is 71.5 Å². The molecule has 180 valence electrons. The highest BCUT2D eigenvalue weighted by atomic mass is 16.5. The van der Waals surface area contributed by atoms with Gasteiger partial charge in [-0.05, 0) is 17.7 Å². The van der Waals surface area contributed by atoms with Gasteiger partial charge < -0.3 is 19.3 Å². The van der Waals surface area contributed by atoms with Crippen LogP contribution < -0.4 is 14.4 Å². The van der Waals surface area contributed by atoms with Gasteiger partial charge in [-0.3, -0.25) is 14.6 Å². The van der Waals surface area contributed by atoms with Crippen molar-refractivity contribution in [3.63, 3.8) is 0 Å². The molecule has 8 nitrogen and oxygen atoms in total. The first-order chi connectivity index (χ1) is 16.6. The average molecular weight is 465 g/mol. The van der Waals surface area contributed by atoms with Gasteiger partial charge in [0.2, 0.25) is 5.91 Å². The number of hydrogen-bond acceptors (Lipinski definition) is 5. The van der Waals surface area contributed by atoms with Crippen molar-refractivity contribution in [2.45, 2.75) is 0 Å². The molecule has 2 fully saturated rings. The van der Waals surface area contributed by atoms with Crippen LogP contribution in [0.1, 0.15) is 5.56 Å². The van der Waals surface area contributed by atoms with E-state index in [2.05, 4.69) is 29.2 Å². The van der Waals surface area contributed by atoms with E-state index in [1.165, 1.54) is 5.56 Å². The van der Waals surface area contributed by atoms with E-state index in [0.717, 1.165) is 19.6 Å². The van der Waals surface area contributed by atoms with Crippen molar-refractivity contribution in [1.82, 2.24) is 14.7 Å². The summed E-state index contributed by atoms with van der Waals surface area (Å²) >= 11 is 0. The van der Waals surface area contributed by atoms with Gasteiger partial charge in [0.25, 0.3) is 0 Å². The number of nitrogens with zero attached hydrogens (tertiary/aromatic N) is 4.